The van der Waals surface area contributed by atoms with Crippen molar-refractivity contribution in [3.8, 4) is 0 Å². The molecule has 0 amide bonds. The highest BCUT2D eigenvalue weighted by Crippen LogP contribution is 2.24. The molecule has 0 atom stereocenters. The third kappa shape index (κ3) is 4.22. The van der Waals surface area contributed by atoms with Gasteiger partial charge in [0.05, 0.1) is 0 Å². The summed E-state index contributed by atoms with van der Waals surface area (Å²) < 4.78 is 2.26. The minimum absolute atomic E-state index is 0.446. The van der Waals surface area contributed by atoms with E-state index in [4.69, 9.17) is 5.11 Å². The molecule has 2 rings (SSSR count). The van der Waals surface area contributed by atoms with E-state index in [2.05, 4.69) is 55.8 Å². The molecule has 3 nitrogen and oxygen atoms in total. The summed E-state index contributed by atoms with van der Waals surface area (Å²) >= 11 is 0. The minimum atomic E-state index is -0.923. The summed E-state index contributed by atoms with van der Waals surface area (Å²) in [6.45, 7) is 8.18. The Hall–Kier alpha value is -2.55. The Morgan fingerprint density at radius 2 is 1.96 bits per heavy atom. The smallest absolute Gasteiger partial charge is 0.328 e. The summed E-state index contributed by atoms with van der Waals surface area (Å²) in [5.41, 5.74) is 4.27. The molecule has 0 saturated heterocycles. The monoisotopic (exact) mass is 309 g/mol. The van der Waals surface area contributed by atoms with Crippen LogP contribution >= 0.6 is 0 Å². The molecule has 0 aliphatic rings. The highest BCUT2D eigenvalue weighted by Gasteiger charge is 2.05. The molecule has 1 aromatic heterocycles. The van der Waals surface area contributed by atoms with E-state index in [1.165, 1.54) is 22.5 Å². The first kappa shape index (κ1) is 16.8. The van der Waals surface area contributed by atoms with Crippen LogP contribution in [0.1, 0.15) is 39.3 Å². The molecule has 1 N–H and O–H groups in total. The van der Waals surface area contributed by atoms with Gasteiger partial charge < -0.3 is 9.67 Å². The molecule has 23 heavy (non-hydrogen) atoms. The lowest BCUT2D eigenvalue weighted by atomic mass is 10.0. The quantitative estimate of drug-likeness (QED) is 0.608. The third-order valence-electron chi connectivity index (χ3n) is 3.79. The van der Waals surface area contributed by atoms with Crippen molar-refractivity contribution >= 4 is 22.4 Å². The van der Waals surface area contributed by atoms with E-state index in [1.807, 2.05) is 12.2 Å². The zero-order valence-corrected chi connectivity index (χ0v) is 14.1. The minimum Gasteiger partial charge on any atom is -0.478 e. The van der Waals surface area contributed by atoms with Crippen LogP contribution in [-0.2, 0) is 4.79 Å². The van der Waals surface area contributed by atoms with E-state index in [1.54, 1.807) is 13.0 Å². The molecule has 3 heteroatoms. The lowest BCUT2D eigenvalue weighted by Crippen LogP contribution is -1.97. The van der Waals surface area contributed by atoms with Crippen LogP contribution in [0.25, 0.3) is 16.5 Å². The fourth-order valence-electron chi connectivity index (χ4n) is 2.54. The van der Waals surface area contributed by atoms with Gasteiger partial charge in [0.2, 0.25) is 0 Å². The van der Waals surface area contributed by atoms with Gasteiger partial charge in [-0.1, -0.05) is 24.3 Å². The zero-order valence-electron chi connectivity index (χ0n) is 14.1. The Morgan fingerprint density at radius 1 is 1.22 bits per heavy atom. The van der Waals surface area contributed by atoms with Gasteiger partial charge in [0.25, 0.3) is 0 Å². The standard InChI is InChI=1S/C20H23NO2/c1-14(2)21-11-10-18-13-17(8-9-19(18)21)16(4)7-5-6-15(3)12-20(22)23/h5-14H,1-4H3,(H,22,23)/b6-5+,15-12+,16-7+. The van der Waals surface area contributed by atoms with Crippen molar-refractivity contribution in [2.75, 3.05) is 0 Å². The molecule has 1 heterocycles. The topological polar surface area (TPSA) is 42.2 Å². The Labute approximate surface area is 137 Å². The van der Waals surface area contributed by atoms with Gasteiger partial charge in [-0.3, -0.25) is 0 Å². The van der Waals surface area contributed by atoms with Crippen LogP contribution in [0.5, 0.6) is 0 Å². The van der Waals surface area contributed by atoms with Crippen molar-refractivity contribution < 1.29 is 9.90 Å². The van der Waals surface area contributed by atoms with Gasteiger partial charge in [-0.25, -0.2) is 4.79 Å². The van der Waals surface area contributed by atoms with Crippen LogP contribution in [0.2, 0.25) is 0 Å². The van der Waals surface area contributed by atoms with Crippen LogP contribution in [0.4, 0.5) is 0 Å². The lowest BCUT2D eigenvalue weighted by Gasteiger charge is -2.09. The van der Waals surface area contributed by atoms with Gasteiger partial charge in [0.1, 0.15) is 0 Å². The number of allylic oxidation sites excluding steroid dienone is 5. The van der Waals surface area contributed by atoms with Crippen molar-refractivity contribution in [3.63, 3.8) is 0 Å². The fourth-order valence-corrected chi connectivity index (χ4v) is 2.54. The number of carboxylic acid groups (broad SMARTS) is 1. The van der Waals surface area contributed by atoms with E-state index < -0.39 is 5.97 Å². The Kier molecular flexibility index (Phi) is 5.22. The summed E-state index contributed by atoms with van der Waals surface area (Å²) in [5.74, 6) is -0.923. The summed E-state index contributed by atoms with van der Waals surface area (Å²) in [6, 6.07) is 9.06. The molecule has 0 aliphatic carbocycles. The van der Waals surface area contributed by atoms with Crippen molar-refractivity contribution in [1.82, 2.24) is 4.57 Å². The molecule has 0 aliphatic heterocycles. The third-order valence-corrected chi connectivity index (χ3v) is 3.79. The van der Waals surface area contributed by atoms with Gasteiger partial charge in [0.15, 0.2) is 0 Å². The van der Waals surface area contributed by atoms with Gasteiger partial charge in [-0.05, 0) is 62.6 Å². The maximum atomic E-state index is 10.6. The second kappa shape index (κ2) is 7.14. The number of carboxylic acids is 1. The number of carbonyl (C=O) groups is 1. The Bertz CT molecular complexity index is 804. The van der Waals surface area contributed by atoms with Crippen LogP contribution in [0, 0.1) is 0 Å². The molecular formula is C20H23NO2. The number of nitrogens with zero attached hydrogens (tertiary/aromatic N) is 1. The molecule has 0 unspecified atom stereocenters. The summed E-state index contributed by atoms with van der Waals surface area (Å²) in [7, 11) is 0. The highest BCUT2D eigenvalue weighted by atomic mass is 16.4. The summed E-state index contributed by atoms with van der Waals surface area (Å²) in [4.78, 5) is 10.6. The predicted octanol–water partition coefficient (Wildman–Crippen LogP) is 5.21. The second-order valence-corrected chi connectivity index (χ2v) is 6.03. The first-order chi connectivity index (χ1) is 10.9. The number of aliphatic carboxylic acids is 1. The Balaban J connectivity index is 2.24. The molecule has 0 bridgehead atoms. The number of hydrogen-bond donors (Lipinski definition) is 1. The van der Waals surface area contributed by atoms with Crippen LogP contribution in [0.3, 0.4) is 0 Å². The van der Waals surface area contributed by atoms with E-state index in [9.17, 15) is 4.79 Å². The average Bonchev–Trinajstić information content (AvgIpc) is 2.89. The van der Waals surface area contributed by atoms with Crippen LogP contribution in [0.15, 0.2) is 60.3 Å². The first-order valence-corrected chi connectivity index (χ1v) is 7.75. The molecule has 0 saturated carbocycles. The number of rotatable bonds is 5. The van der Waals surface area contributed by atoms with Crippen molar-refractivity contribution in [2.24, 2.45) is 0 Å². The van der Waals surface area contributed by atoms with Gasteiger partial charge in [0, 0.05) is 29.2 Å². The van der Waals surface area contributed by atoms with Gasteiger partial charge >= 0.3 is 5.97 Å². The zero-order chi connectivity index (χ0) is 17.0. The maximum absolute atomic E-state index is 10.6. The SMILES string of the molecule is CC(/C=C/C=C(\C)c1ccc2c(ccn2C(C)C)c1)=C\C(=O)O. The molecule has 1 aromatic carbocycles. The fraction of sp³-hybridized carbons (Fsp3) is 0.250. The molecular weight excluding hydrogens is 286 g/mol. The Morgan fingerprint density at radius 3 is 2.61 bits per heavy atom. The summed E-state index contributed by atoms with van der Waals surface area (Å²) in [6.07, 6.45) is 9.00. The summed E-state index contributed by atoms with van der Waals surface area (Å²) in [5, 5.41) is 9.92. The number of fused-ring (bicyclic) bond motifs is 1. The number of benzene rings is 1. The van der Waals surface area contributed by atoms with Crippen LogP contribution in [-0.4, -0.2) is 15.6 Å². The lowest BCUT2D eigenvalue weighted by molar-refractivity contribution is -0.131. The van der Waals surface area contributed by atoms with Gasteiger partial charge in [-0.2, -0.15) is 0 Å². The van der Waals surface area contributed by atoms with Gasteiger partial charge in [-0.15, -0.1) is 0 Å². The molecule has 2 aromatic rings. The number of hydrogen-bond acceptors (Lipinski definition) is 1. The van der Waals surface area contributed by atoms with E-state index in [-0.39, 0.29) is 0 Å². The maximum Gasteiger partial charge on any atom is 0.328 e. The predicted molar refractivity (Wildman–Crippen MR) is 96.5 cm³/mol. The van der Waals surface area contributed by atoms with E-state index in [0.717, 1.165) is 5.57 Å². The molecule has 120 valence electrons. The van der Waals surface area contributed by atoms with Crippen LogP contribution < -0.4 is 0 Å². The molecule has 0 radical (unpaired) electrons. The number of aromatic nitrogens is 1. The molecule has 0 spiro atoms. The first-order valence-electron chi connectivity index (χ1n) is 7.75. The molecule has 0 fully saturated rings. The average molecular weight is 309 g/mol. The van der Waals surface area contributed by atoms with E-state index in [0.29, 0.717) is 11.6 Å². The van der Waals surface area contributed by atoms with Crippen molar-refractivity contribution in [1.29, 1.82) is 0 Å². The van der Waals surface area contributed by atoms with Crippen molar-refractivity contribution in [2.45, 2.75) is 33.7 Å². The van der Waals surface area contributed by atoms with Crippen molar-refractivity contribution in [3.05, 3.63) is 65.9 Å². The normalized spacial score (nSPS) is 13.4. The second-order valence-electron chi connectivity index (χ2n) is 6.03. The highest BCUT2D eigenvalue weighted by molar-refractivity contribution is 5.85. The van der Waals surface area contributed by atoms with E-state index >= 15 is 0 Å². The largest absolute Gasteiger partial charge is 0.478 e.